The lowest BCUT2D eigenvalue weighted by Crippen LogP contribution is -2.00. The molecule has 0 spiro atoms. The molecular formula is C14H12Cl2FN. The summed E-state index contributed by atoms with van der Waals surface area (Å²) in [4.78, 5) is 3.92. The molecule has 0 amide bonds. The third kappa shape index (κ3) is 3.01. The van der Waals surface area contributed by atoms with Crippen molar-refractivity contribution in [3.8, 4) is 0 Å². The summed E-state index contributed by atoms with van der Waals surface area (Å²) in [7, 11) is 0. The predicted molar refractivity (Wildman–Crippen MR) is 72.7 cm³/mol. The lowest BCUT2D eigenvalue weighted by Gasteiger charge is -2.13. The first-order valence-electron chi connectivity index (χ1n) is 5.56. The van der Waals surface area contributed by atoms with Crippen LogP contribution in [0.25, 0.3) is 0 Å². The van der Waals surface area contributed by atoms with Crippen LogP contribution in [0.15, 0.2) is 36.7 Å². The van der Waals surface area contributed by atoms with Gasteiger partial charge in [-0.2, -0.15) is 0 Å². The van der Waals surface area contributed by atoms with Crippen LogP contribution in [0, 0.1) is 12.7 Å². The Morgan fingerprint density at radius 2 is 2.11 bits per heavy atom. The highest BCUT2D eigenvalue weighted by molar-refractivity contribution is 6.31. The number of benzene rings is 1. The molecule has 0 saturated carbocycles. The summed E-state index contributed by atoms with van der Waals surface area (Å²) < 4.78 is 13.2. The molecular weight excluding hydrogens is 272 g/mol. The zero-order valence-electron chi connectivity index (χ0n) is 9.83. The molecule has 4 heteroatoms. The lowest BCUT2D eigenvalue weighted by atomic mass is 10.0. The van der Waals surface area contributed by atoms with Crippen LogP contribution in [-0.2, 0) is 6.42 Å². The van der Waals surface area contributed by atoms with Gasteiger partial charge in [-0.15, -0.1) is 11.6 Å². The summed E-state index contributed by atoms with van der Waals surface area (Å²) in [5.74, 6) is -0.276. The highest BCUT2D eigenvalue weighted by Gasteiger charge is 2.14. The third-order valence-corrected chi connectivity index (χ3v) is 3.56. The molecule has 0 aliphatic carbocycles. The molecule has 2 rings (SSSR count). The van der Waals surface area contributed by atoms with Gasteiger partial charge in [0.1, 0.15) is 5.82 Å². The molecule has 0 radical (unpaired) electrons. The van der Waals surface area contributed by atoms with Crippen LogP contribution in [0.2, 0.25) is 5.02 Å². The largest absolute Gasteiger partial charge is 0.263 e. The molecule has 1 unspecified atom stereocenters. The Morgan fingerprint density at radius 1 is 1.33 bits per heavy atom. The van der Waals surface area contributed by atoms with Crippen molar-refractivity contribution >= 4 is 23.2 Å². The fraction of sp³-hybridized carbons (Fsp3) is 0.214. The molecule has 1 aromatic heterocycles. The van der Waals surface area contributed by atoms with Gasteiger partial charge >= 0.3 is 0 Å². The Balaban J connectivity index is 2.25. The van der Waals surface area contributed by atoms with E-state index in [1.807, 2.05) is 13.0 Å². The monoisotopic (exact) mass is 283 g/mol. The normalized spacial score (nSPS) is 12.4. The molecule has 1 nitrogen and oxygen atoms in total. The molecule has 1 atom stereocenters. The molecule has 2 aromatic rings. The van der Waals surface area contributed by atoms with Crippen molar-refractivity contribution in [2.24, 2.45) is 0 Å². The van der Waals surface area contributed by atoms with Crippen molar-refractivity contribution in [1.82, 2.24) is 4.98 Å². The highest BCUT2D eigenvalue weighted by Crippen LogP contribution is 2.30. The molecule has 18 heavy (non-hydrogen) atoms. The number of aryl methyl sites for hydroxylation is 1. The number of nitrogens with zero attached hydrogens (tertiary/aromatic N) is 1. The van der Waals surface area contributed by atoms with Crippen molar-refractivity contribution in [3.05, 3.63) is 64.2 Å². The van der Waals surface area contributed by atoms with E-state index in [1.54, 1.807) is 18.5 Å². The fourth-order valence-electron chi connectivity index (χ4n) is 1.82. The second-order valence-corrected chi connectivity index (χ2v) is 5.07. The Bertz CT molecular complexity index is 557. The molecule has 0 aliphatic heterocycles. The molecule has 0 saturated heterocycles. The van der Waals surface area contributed by atoms with E-state index < -0.39 is 0 Å². The van der Waals surface area contributed by atoms with E-state index in [0.29, 0.717) is 11.4 Å². The summed E-state index contributed by atoms with van der Waals surface area (Å²) in [5.41, 5.74) is 2.68. The van der Waals surface area contributed by atoms with E-state index >= 15 is 0 Å². The van der Waals surface area contributed by atoms with Gasteiger partial charge in [-0.25, -0.2) is 4.39 Å². The van der Waals surface area contributed by atoms with Crippen LogP contribution in [0.4, 0.5) is 4.39 Å². The lowest BCUT2D eigenvalue weighted by molar-refractivity contribution is 0.624. The Morgan fingerprint density at radius 3 is 2.83 bits per heavy atom. The molecule has 0 aliphatic rings. The number of alkyl halides is 1. The summed E-state index contributed by atoms with van der Waals surface area (Å²) >= 11 is 12.4. The number of aromatic nitrogens is 1. The van der Waals surface area contributed by atoms with E-state index in [9.17, 15) is 4.39 Å². The average molecular weight is 284 g/mol. The van der Waals surface area contributed by atoms with Gasteiger partial charge in [0, 0.05) is 12.4 Å². The summed E-state index contributed by atoms with van der Waals surface area (Å²) in [6, 6.07) is 6.46. The van der Waals surface area contributed by atoms with Crippen LogP contribution >= 0.6 is 23.2 Å². The van der Waals surface area contributed by atoms with E-state index in [0.717, 1.165) is 16.7 Å². The zero-order valence-corrected chi connectivity index (χ0v) is 11.3. The molecule has 1 aromatic carbocycles. The van der Waals surface area contributed by atoms with Crippen LogP contribution in [0.1, 0.15) is 22.1 Å². The second kappa shape index (κ2) is 5.68. The SMILES string of the molecule is Cc1ccc(F)cc1C(Cl)Cc1ccncc1Cl. The second-order valence-electron chi connectivity index (χ2n) is 4.14. The smallest absolute Gasteiger partial charge is 0.123 e. The van der Waals surface area contributed by atoms with Gasteiger partial charge in [0.2, 0.25) is 0 Å². The average Bonchev–Trinajstić information content (AvgIpc) is 2.35. The number of hydrogen-bond acceptors (Lipinski definition) is 1. The van der Waals surface area contributed by atoms with Crippen molar-refractivity contribution in [3.63, 3.8) is 0 Å². The molecule has 94 valence electrons. The first kappa shape index (κ1) is 13.3. The quantitative estimate of drug-likeness (QED) is 0.744. The number of rotatable bonds is 3. The number of pyridine rings is 1. The Kier molecular flexibility index (Phi) is 4.20. The van der Waals surface area contributed by atoms with E-state index in [1.165, 1.54) is 12.1 Å². The van der Waals surface area contributed by atoms with Crippen LogP contribution in [0.3, 0.4) is 0 Å². The van der Waals surface area contributed by atoms with Gasteiger partial charge in [-0.1, -0.05) is 17.7 Å². The van der Waals surface area contributed by atoms with Gasteiger partial charge < -0.3 is 0 Å². The van der Waals surface area contributed by atoms with Crippen molar-refractivity contribution < 1.29 is 4.39 Å². The molecule has 0 bridgehead atoms. The van der Waals surface area contributed by atoms with Crippen LogP contribution in [-0.4, -0.2) is 4.98 Å². The summed E-state index contributed by atoms with van der Waals surface area (Å²) in [6.07, 6.45) is 3.80. The maximum atomic E-state index is 13.2. The number of halogens is 3. The highest BCUT2D eigenvalue weighted by atomic mass is 35.5. The van der Waals surface area contributed by atoms with E-state index in [-0.39, 0.29) is 11.2 Å². The summed E-state index contributed by atoms with van der Waals surface area (Å²) in [6.45, 7) is 1.91. The van der Waals surface area contributed by atoms with Gasteiger partial charge in [0.25, 0.3) is 0 Å². The Labute approximate surface area is 116 Å². The van der Waals surface area contributed by atoms with Crippen molar-refractivity contribution in [2.45, 2.75) is 18.7 Å². The van der Waals surface area contributed by atoms with Crippen LogP contribution < -0.4 is 0 Å². The Hall–Kier alpha value is -1.12. The molecule has 0 fully saturated rings. The topological polar surface area (TPSA) is 12.9 Å². The van der Waals surface area contributed by atoms with Crippen molar-refractivity contribution in [1.29, 1.82) is 0 Å². The van der Waals surface area contributed by atoms with Crippen LogP contribution in [0.5, 0.6) is 0 Å². The van der Waals surface area contributed by atoms with Gasteiger partial charge in [0.05, 0.1) is 10.4 Å². The van der Waals surface area contributed by atoms with Gasteiger partial charge in [-0.3, -0.25) is 4.98 Å². The predicted octanol–water partition coefficient (Wildman–Crippen LogP) is 4.71. The maximum absolute atomic E-state index is 13.2. The first-order valence-corrected chi connectivity index (χ1v) is 6.38. The minimum Gasteiger partial charge on any atom is -0.263 e. The van der Waals surface area contributed by atoms with Gasteiger partial charge in [-0.05, 0) is 48.2 Å². The standard InChI is InChI=1S/C14H12Cl2FN/c1-9-2-3-11(17)7-12(9)13(15)6-10-4-5-18-8-14(10)16/h2-5,7-8,13H,6H2,1H3. The molecule has 1 heterocycles. The van der Waals surface area contributed by atoms with E-state index in [2.05, 4.69) is 4.98 Å². The molecule has 0 N–H and O–H groups in total. The fourth-order valence-corrected chi connectivity index (χ4v) is 2.42. The first-order chi connectivity index (χ1) is 8.58. The third-order valence-electron chi connectivity index (χ3n) is 2.83. The van der Waals surface area contributed by atoms with Crippen molar-refractivity contribution in [2.75, 3.05) is 0 Å². The van der Waals surface area contributed by atoms with Gasteiger partial charge in [0.15, 0.2) is 0 Å². The minimum absolute atomic E-state index is 0.276. The van der Waals surface area contributed by atoms with E-state index in [4.69, 9.17) is 23.2 Å². The maximum Gasteiger partial charge on any atom is 0.123 e. The minimum atomic E-state index is -0.305. The number of hydrogen-bond donors (Lipinski definition) is 0. The zero-order chi connectivity index (χ0) is 13.1. The summed E-state index contributed by atoms with van der Waals surface area (Å²) in [5, 5.41) is 0.276.